The fourth-order valence-electron chi connectivity index (χ4n) is 3.61. The average molecular weight is 459 g/mol. The van der Waals surface area contributed by atoms with Gasteiger partial charge in [0.05, 0.1) is 12.7 Å². The Labute approximate surface area is 196 Å². The van der Waals surface area contributed by atoms with Gasteiger partial charge in [0.15, 0.2) is 11.5 Å². The van der Waals surface area contributed by atoms with Crippen molar-refractivity contribution in [3.63, 3.8) is 0 Å². The maximum atomic E-state index is 13.0. The Morgan fingerprint density at radius 1 is 1.06 bits per heavy atom. The first-order chi connectivity index (χ1) is 16.0. The van der Waals surface area contributed by atoms with E-state index >= 15 is 0 Å². The summed E-state index contributed by atoms with van der Waals surface area (Å²) >= 11 is 5.86. The smallest absolute Gasteiger partial charge is 0.343 e. The van der Waals surface area contributed by atoms with Crippen molar-refractivity contribution in [3.05, 3.63) is 94.0 Å². The molecule has 164 valence electrons. The lowest BCUT2D eigenvalue weighted by Gasteiger charge is -2.16. The van der Waals surface area contributed by atoms with Crippen molar-refractivity contribution < 1.29 is 19.1 Å². The number of fused-ring (bicyclic) bond motifs is 1. The number of para-hydroxylation sites is 1. The Morgan fingerprint density at radius 2 is 1.82 bits per heavy atom. The Hall–Kier alpha value is -4.08. The van der Waals surface area contributed by atoms with Gasteiger partial charge < -0.3 is 14.4 Å². The SMILES string of the molecule is COc1cc(C=C(C#N)C(=O)N2CCc3ccccc32)ccc1OC(=O)c1ccc(Cl)cc1. The summed E-state index contributed by atoms with van der Waals surface area (Å²) in [7, 11) is 1.44. The highest BCUT2D eigenvalue weighted by Gasteiger charge is 2.26. The zero-order chi connectivity index (χ0) is 23.4. The first kappa shape index (κ1) is 22.1. The van der Waals surface area contributed by atoms with Gasteiger partial charge in [-0.15, -0.1) is 0 Å². The van der Waals surface area contributed by atoms with Gasteiger partial charge in [0.2, 0.25) is 0 Å². The van der Waals surface area contributed by atoms with E-state index in [1.165, 1.54) is 13.2 Å². The van der Waals surface area contributed by atoms with Crippen LogP contribution in [0.1, 0.15) is 21.5 Å². The molecule has 0 bridgehead atoms. The molecule has 6 nitrogen and oxygen atoms in total. The molecule has 0 radical (unpaired) electrons. The lowest BCUT2D eigenvalue weighted by molar-refractivity contribution is -0.114. The number of carbonyl (C=O) groups excluding carboxylic acids is 2. The second kappa shape index (κ2) is 9.60. The van der Waals surface area contributed by atoms with Crippen LogP contribution < -0.4 is 14.4 Å². The van der Waals surface area contributed by atoms with Gasteiger partial charge in [-0.1, -0.05) is 35.9 Å². The Morgan fingerprint density at radius 3 is 2.55 bits per heavy atom. The maximum absolute atomic E-state index is 13.0. The number of nitrogens with zero attached hydrogens (tertiary/aromatic N) is 2. The number of esters is 1. The summed E-state index contributed by atoms with van der Waals surface area (Å²) < 4.78 is 10.8. The third kappa shape index (κ3) is 4.74. The molecule has 0 saturated carbocycles. The molecular formula is C26H19ClN2O4. The van der Waals surface area contributed by atoms with Crippen LogP contribution in [0, 0.1) is 11.3 Å². The minimum atomic E-state index is -0.561. The van der Waals surface area contributed by atoms with E-state index in [0.717, 1.165) is 17.7 Å². The molecule has 0 aliphatic carbocycles. The van der Waals surface area contributed by atoms with E-state index in [-0.39, 0.29) is 17.2 Å². The van der Waals surface area contributed by atoms with Crippen LogP contribution in [0.4, 0.5) is 5.69 Å². The Bertz CT molecular complexity index is 1290. The minimum Gasteiger partial charge on any atom is -0.493 e. The van der Waals surface area contributed by atoms with Crippen molar-refractivity contribution >= 4 is 35.2 Å². The number of methoxy groups -OCH3 is 1. The van der Waals surface area contributed by atoms with Crippen LogP contribution in [0.15, 0.2) is 72.3 Å². The molecule has 0 unspecified atom stereocenters. The molecule has 3 aromatic rings. The third-order valence-corrected chi connectivity index (χ3v) is 5.52. The topological polar surface area (TPSA) is 79.6 Å². The summed E-state index contributed by atoms with van der Waals surface area (Å²) in [4.78, 5) is 27.0. The van der Waals surface area contributed by atoms with Crippen molar-refractivity contribution in [3.8, 4) is 17.6 Å². The molecule has 0 aromatic heterocycles. The van der Waals surface area contributed by atoms with Gasteiger partial charge in [-0.05, 0) is 66.1 Å². The molecule has 0 spiro atoms. The molecule has 1 aliphatic rings. The van der Waals surface area contributed by atoms with Crippen LogP contribution in [-0.4, -0.2) is 25.5 Å². The van der Waals surface area contributed by atoms with Crippen molar-refractivity contribution in [2.45, 2.75) is 6.42 Å². The number of ether oxygens (including phenoxy) is 2. The molecule has 1 heterocycles. The van der Waals surface area contributed by atoms with E-state index in [4.69, 9.17) is 21.1 Å². The lowest BCUT2D eigenvalue weighted by atomic mass is 10.1. The van der Waals surface area contributed by atoms with Crippen LogP contribution in [0.25, 0.3) is 6.08 Å². The fourth-order valence-corrected chi connectivity index (χ4v) is 3.73. The van der Waals surface area contributed by atoms with Gasteiger partial charge in [0.1, 0.15) is 11.6 Å². The Balaban J connectivity index is 1.56. The summed E-state index contributed by atoms with van der Waals surface area (Å²) in [6.07, 6.45) is 2.25. The van der Waals surface area contributed by atoms with E-state index in [1.807, 2.05) is 30.3 Å². The molecule has 4 rings (SSSR count). The number of amides is 1. The average Bonchev–Trinajstić information content (AvgIpc) is 3.27. The first-order valence-electron chi connectivity index (χ1n) is 10.2. The van der Waals surface area contributed by atoms with Crippen molar-refractivity contribution in [1.29, 1.82) is 5.26 Å². The van der Waals surface area contributed by atoms with Crippen LogP contribution in [0.3, 0.4) is 0 Å². The van der Waals surface area contributed by atoms with E-state index in [2.05, 4.69) is 0 Å². The summed E-state index contributed by atoms with van der Waals surface area (Å²) in [6.45, 7) is 0.528. The zero-order valence-corrected chi connectivity index (χ0v) is 18.5. The zero-order valence-electron chi connectivity index (χ0n) is 17.7. The van der Waals surface area contributed by atoms with E-state index in [9.17, 15) is 14.9 Å². The molecule has 7 heteroatoms. The van der Waals surface area contributed by atoms with Gasteiger partial charge >= 0.3 is 5.97 Å². The standard InChI is InChI=1S/C26H19ClN2O4/c1-32-24-15-17(6-11-23(24)33-26(31)19-7-9-21(27)10-8-19)14-20(16-28)25(30)29-13-12-18-4-2-3-5-22(18)29/h2-11,14-15H,12-13H2,1H3. The molecule has 33 heavy (non-hydrogen) atoms. The number of hydrogen-bond donors (Lipinski definition) is 0. The van der Waals surface area contributed by atoms with Crippen molar-refractivity contribution in [1.82, 2.24) is 0 Å². The highest BCUT2D eigenvalue weighted by Crippen LogP contribution is 2.31. The molecular weight excluding hydrogens is 440 g/mol. The normalized spacial score (nSPS) is 12.6. The van der Waals surface area contributed by atoms with Gasteiger partial charge in [0.25, 0.3) is 5.91 Å². The Kier molecular flexibility index (Phi) is 6.43. The summed E-state index contributed by atoms with van der Waals surface area (Å²) in [5.41, 5.74) is 2.81. The molecule has 0 saturated heterocycles. The monoisotopic (exact) mass is 458 g/mol. The van der Waals surface area contributed by atoms with Crippen LogP contribution in [0.5, 0.6) is 11.5 Å². The summed E-state index contributed by atoms with van der Waals surface area (Å²) in [5.74, 6) is -0.413. The molecule has 0 atom stereocenters. The van der Waals surface area contributed by atoms with Gasteiger partial charge in [-0.3, -0.25) is 4.79 Å². The number of carbonyl (C=O) groups is 2. The van der Waals surface area contributed by atoms with Crippen LogP contribution in [0.2, 0.25) is 5.02 Å². The first-order valence-corrected chi connectivity index (χ1v) is 10.6. The van der Waals surface area contributed by atoms with Crippen molar-refractivity contribution in [2.75, 3.05) is 18.6 Å². The van der Waals surface area contributed by atoms with E-state index < -0.39 is 5.97 Å². The number of hydrogen-bond acceptors (Lipinski definition) is 5. The molecule has 1 amide bonds. The van der Waals surface area contributed by atoms with E-state index in [0.29, 0.717) is 28.4 Å². The van der Waals surface area contributed by atoms with Gasteiger partial charge in [-0.2, -0.15) is 5.26 Å². The molecule has 1 aliphatic heterocycles. The van der Waals surface area contributed by atoms with E-state index in [1.54, 1.807) is 47.4 Å². The fraction of sp³-hybridized carbons (Fsp3) is 0.115. The predicted octanol–water partition coefficient (Wildman–Crippen LogP) is 5.06. The van der Waals surface area contributed by atoms with Crippen LogP contribution in [-0.2, 0) is 11.2 Å². The summed E-state index contributed by atoms with van der Waals surface area (Å²) in [5, 5.41) is 10.2. The minimum absolute atomic E-state index is 0.000310. The number of anilines is 1. The third-order valence-electron chi connectivity index (χ3n) is 5.26. The molecule has 3 aromatic carbocycles. The number of rotatable bonds is 5. The predicted molar refractivity (Wildman–Crippen MR) is 125 cm³/mol. The van der Waals surface area contributed by atoms with Crippen molar-refractivity contribution in [2.24, 2.45) is 0 Å². The second-order valence-corrected chi connectivity index (χ2v) is 7.75. The molecule has 0 N–H and O–H groups in total. The lowest BCUT2D eigenvalue weighted by Crippen LogP contribution is -2.29. The van der Waals surface area contributed by atoms with Gasteiger partial charge in [-0.25, -0.2) is 4.79 Å². The van der Waals surface area contributed by atoms with Crippen LogP contribution >= 0.6 is 11.6 Å². The maximum Gasteiger partial charge on any atom is 0.343 e. The summed E-state index contributed by atoms with van der Waals surface area (Å²) in [6, 6.07) is 20.8. The highest BCUT2D eigenvalue weighted by atomic mass is 35.5. The molecule has 0 fully saturated rings. The quantitative estimate of drug-likeness (QED) is 0.231. The second-order valence-electron chi connectivity index (χ2n) is 7.31. The highest BCUT2D eigenvalue weighted by molar-refractivity contribution is 6.30. The number of nitriles is 1. The number of benzene rings is 3. The largest absolute Gasteiger partial charge is 0.493 e. The van der Waals surface area contributed by atoms with Gasteiger partial charge in [0, 0.05) is 17.3 Å². The number of halogens is 1.